The highest BCUT2D eigenvalue weighted by Crippen LogP contribution is 2.32. The summed E-state index contributed by atoms with van der Waals surface area (Å²) in [6.45, 7) is 4.15. The van der Waals surface area contributed by atoms with Crippen molar-refractivity contribution in [2.45, 2.75) is 56.3 Å². The van der Waals surface area contributed by atoms with Gasteiger partial charge in [0, 0.05) is 54.6 Å². The number of aromatic nitrogens is 3. The summed E-state index contributed by atoms with van der Waals surface area (Å²) in [5, 5.41) is 5.73. The topological polar surface area (TPSA) is 69.4 Å². The molecule has 4 aromatic rings. The van der Waals surface area contributed by atoms with Crippen LogP contribution in [0.5, 0.6) is 0 Å². The molecular weight excluding hydrogens is 472 g/mol. The largest absolute Gasteiger partial charge is 0.357 e. The van der Waals surface area contributed by atoms with Crippen LogP contribution in [0.15, 0.2) is 78.1 Å². The molecular formula is C28H32N4O3S. The van der Waals surface area contributed by atoms with E-state index in [4.69, 9.17) is 4.74 Å². The van der Waals surface area contributed by atoms with E-state index in [1.165, 1.54) is 17.3 Å². The standard InChI is InChI=1S/C28H32N4O3S/c1-21-15-22(19-32(21)36(33,34)26-7-3-2-4-8-26)18-30-13-12-24-16-23(10-11-27(24)30)25-17-29-31(20-25)28-9-5-6-14-35-28/h2-4,7-8,10-13,16-17,20-22,28H,5-6,9,14-15,18-19H2,1H3/t21-,22+,28?/m1/s1. The summed E-state index contributed by atoms with van der Waals surface area (Å²) < 4.78 is 38.1. The Morgan fingerprint density at radius 1 is 1.06 bits per heavy atom. The first-order valence-electron chi connectivity index (χ1n) is 12.8. The van der Waals surface area contributed by atoms with Crippen LogP contribution >= 0.6 is 0 Å². The predicted molar refractivity (Wildman–Crippen MR) is 140 cm³/mol. The predicted octanol–water partition coefficient (Wildman–Crippen LogP) is 5.30. The lowest BCUT2D eigenvalue weighted by molar-refractivity contribution is -0.0394. The Hall–Kier alpha value is -2.94. The molecule has 2 saturated heterocycles. The fraction of sp³-hybridized carbons (Fsp3) is 0.393. The van der Waals surface area contributed by atoms with Crippen molar-refractivity contribution in [3.8, 4) is 11.1 Å². The lowest BCUT2D eigenvalue weighted by Gasteiger charge is -2.22. The highest BCUT2D eigenvalue weighted by molar-refractivity contribution is 7.89. The number of sulfonamides is 1. The molecule has 1 unspecified atom stereocenters. The van der Waals surface area contributed by atoms with Crippen LogP contribution in [-0.4, -0.2) is 46.3 Å². The maximum Gasteiger partial charge on any atom is 0.243 e. The molecule has 188 valence electrons. The molecule has 4 heterocycles. The normalized spacial score (nSPS) is 23.4. The number of rotatable bonds is 6. The first kappa shape index (κ1) is 23.5. The fourth-order valence-electron chi connectivity index (χ4n) is 5.70. The minimum Gasteiger partial charge on any atom is -0.357 e. The van der Waals surface area contributed by atoms with Gasteiger partial charge in [0.2, 0.25) is 10.0 Å². The van der Waals surface area contributed by atoms with Crippen molar-refractivity contribution < 1.29 is 13.2 Å². The van der Waals surface area contributed by atoms with E-state index in [1.807, 2.05) is 23.9 Å². The van der Waals surface area contributed by atoms with E-state index < -0.39 is 10.0 Å². The number of nitrogens with zero attached hydrogens (tertiary/aromatic N) is 4. The molecule has 0 saturated carbocycles. The zero-order valence-electron chi connectivity index (χ0n) is 20.5. The second-order valence-electron chi connectivity index (χ2n) is 10.1. The van der Waals surface area contributed by atoms with Crippen molar-refractivity contribution in [1.29, 1.82) is 0 Å². The van der Waals surface area contributed by atoms with Crippen LogP contribution < -0.4 is 0 Å². The van der Waals surface area contributed by atoms with Gasteiger partial charge in [-0.25, -0.2) is 13.1 Å². The average molecular weight is 505 g/mol. The second-order valence-corrected chi connectivity index (χ2v) is 12.0. The molecule has 7 nitrogen and oxygen atoms in total. The van der Waals surface area contributed by atoms with Crippen molar-refractivity contribution in [2.24, 2.45) is 5.92 Å². The zero-order valence-corrected chi connectivity index (χ0v) is 21.3. The van der Waals surface area contributed by atoms with Crippen molar-refractivity contribution in [2.75, 3.05) is 13.2 Å². The third-order valence-electron chi connectivity index (χ3n) is 7.57. The summed E-state index contributed by atoms with van der Waals surface area (Å²) in [5.41, 5.74) is 3.39. The third-order valence-corrected chi connectivity index (χ3v) is 9.56. The minimum atomic E-state index is -3.48. The molecule has 2 fully saturated rings. The lowest BCUT2D eigenvalue weighted by Crippen LogP contribution is -2.34. The Bertz CT molecular complexity index is 1450. The molecule has 2 aromatic carbocycles. The molecule has 2 aromatic heterocycles. The number of benzene rings is 2. The van der Waals surface area contributed by atoms with Gasteiger partial charge in [-0.05, 0) is 74.4 Å². The lowest BCUT2D eigenvalue weighted by atomic mass is 10.1. The highest BCUT2D eigenvalue weighted by atomic mass is 32.2. The Balaban J connectivity index is 1.18. The number of hydrogen-bond acceptors (Lipinski definition) is 4. The van der Waals surface area contributed by atoms with Gasteiger partial charge in [-0.15, -0.1) is 0 Å². The van der Waals surface area contributed by atoms with Crippen LogP contribution in [0.25, 0.3) is 22.0 Å². The Labute approximate surface area is 212 Å². The van der Waals surface area contributed by atoms with Crippen LogP contribution in [0.4, 0.5) is 0 Å². The van der Waals surface area contributed by atoms with Crippen LogP contribution in [-0.2, 0) is 21.3 Å². The molecule has 8 heteroatoms. The van der Waals surface area contributed by atoms with Crippen LogP contribution in [0.2, 0.25) is 0 Å². The molecule has 6 rings (SSSR count). The van der Waals surface area contributed by atoms with Crippen LogP contribution in [0.3, 0.4) is 0 Å². The van der Waals surface area contributed by atoms with Crippen molar-refractivity contribution in [1.82, 2.24) is 18.7 Å². The molecule has 2 aliphatic heterocycles. The summed E-state index contributed by atoms with van der Waals surface area (Å²) in [6.07, 6.45) is 10.3. The van der Waals surface area contributed by atoms with E-state index in [1.54, 1.807) is 28.6 Å². The van der Waals surface area contributed by atoms with Crippen molar-refractivity contribution >= 4 is 20.9 Å². The Kier molecular flexibility index (Phi) is 6.19. The minimum absolute atomic E-state index is 0.0154. The van der Waals surface area contributed by atoms with Gasteiger partial charge in [0.1, 0.15) is 6.23 Å². The molecule has 0 amide bonds. The van der Waals surface area contributed by atoms with Crippen molar-refractivity contribution in [3.05, 3.63) is 73.2 Å². The molecule has 0 radical (unpaired) electrons. The monoisotopic (exact) mass is 504 g/mol. The summed E-state index contributed by atoms with van der Waals surface area (Å²) in [5.74, 6) is 0.266. The van der Waals surface area contributed by atoms with Crippen molar-refractivity contribution in [3.63, 3.8) is 0 Å². The first-order valence-corrected chi connectivity index (χ1v) is 14.2. The van der Waals surface area contributed by atoms with Gasteiger partial charge in [0.15, 0.2) is 0 Å². The number of hydrogen-bond donors (Lipinski definition) is 0. The molecule has 0 spiro atoms. The van der Waals surface area contributed by atoms with E-state index >= 15 is 0 Å². The van der Waals surface area contributed by atoms with Gasteiger partial charge in [-0.2, -0.15) is 9.40 Å². The van der Waals surface area contributed by atoms with E-state index in [0.717, 1.165) is 43.5 Å². The first-order chi connectivity index (χ1) is 17.5. The average Bonchev–Trinajstić information content (AvgIpc) is 3.64. The Morgan fingerprint density at radius 3 is 2.72 bits per heavy atom. The molecule has 36 heavy (non-hydrogen) atoms. The van der Waals surface area contributed by atoms with Gasteiger partial charge in [0.25, 0.3) is 0 Å². The fourth-order valence-corrected chi connectivity index (χ4v) is 7.44. The van der Waals surface area contributed by atoms with E-state index in [0.29, 0.717) is 11.4 Å². The SMILES string of the molecule is C[C@@H]1C[C@@H](Cn2ccc3cc(-c4cnn(C5CCCCO5)c4)ccc32)CN1S(=O)(=O)c1ccccc1. The molecule has 2 aliphatic rings. The zero-order chi connectivity index (χ0) is 24.7. The second kappa shape index (κ2) is 9.50. The molecule has 0 bridgehead atoms. The smallest absolute Gasteiger partial charge is 0.243 e. The van der Waals surface area contributed by atoms with Crippen LogP contribution in [0.1, 0.15) is 38.8 Å². The number of fused-ring (bicyclic) bond motifs is 1. The molecule has 0 aliphatic carbocycles. The van der Waals surface area contributed by atoms with E-state index in [9.17, 15) is 8.42 Å². The summed E-state index contributed by atoms with van der Waals surface area (Å²) in [6, 6.07) is 17.4. The summed E-state index contributed by atoms with van der Waals surface area (Å²) in [7, 11) is -3.48. The van der Waals surface area contributed by atoms with E-state index in [-0.39, 0.29) is 18.2 Å². The maximum absolute atomic E-state index is 13.2. The van der Waals surface area contributed by atoms with Gasteiger partial charge in [-0.3, -0.25) is 0 Å². The quantitative estimate of drug-likeness (QED) is 0.357. The number of ether oxygens (including phenoxy) is 1. The van der Waals surface area contributed by atoms with E-state index in [2.05, 4.69) is 46.3 Å². The molecule has 0 N–H and O–H groups in total. The molecule has 3 atom stereocenters. The maximum atomic E-state index is 13.2. The summed E-state index contributed by atoms with van der Waals surface area (Å²) >= 11 is 0. The van der Waals surface area contributed by atoms with Crippen LogP contribution in [0, 0.1) is 5.92 Å². The van der Waals surface area contributed by atoms with Gasteiger partial charge >= 0.3 is 0 Å². The van der Waals surface area contributed by atoms with Gasteiger partial charge in [0.05, 0.1) is 11.1 Å². The highest BCUT2D eigenvalue weighted by Gasteiger charge is 2.37. The van der Waals surface area contributed by atoms with Gasteiger partial charge < -0.3 is 9.30 Å². The third kappa shape index (κ3) is 4.38. The van der Waals surface area contributed by atoms with Gasteiger partial charge in [-0.1, -0.05) is 24.3 Å². The summed E-state index contributed by atoms with van der Waals surface area (Å²) in [4.78, 5) is 0.370. The Morgan fingerprint density at radius 2 is 1.92 bits per heavy atom.